The van der Waals surface area contributed by atoms with Gasteiger partial charge in [0, 0.05) is 19.1 Å². The van der Waals surface area contributed by atoms with Crippen LogP contribution in [0.2, 0.25) is 0 Å². The van der Waals surface area contributed by atoms with E-state index in [-0.39, 0.29) is 30.8 Å². The van der Waals surface area contributed by atoms with E-state index in [0.717, 1.165) is 37.7 Å². The van der Waals surface area contributed by atoms with Crippen LogP contribution < -0.4 is 10.9 Å². The predicted octanol–water partition coefficient (Wildman–Crippen LogP) is 4.95. The maximum Gasteiger partial charge on any atom is 0.410 e. The molecular formula is C26H43N3O4. The number of nitrogens with one attached hydrogen (secondary N) is 2. The predicted molar refractivity (Wildman–Crippen MR) is 131 cm³/mol. The van der Waals surface area contributed by atoms with Crippen LogP contribution in [0.4, 0.5) is 4.79 Å². The van der Waals surface area contributed by atoms with Gasteiger partial charge >= 0.3 is 12.1 Å². The van der Waals surface area contributed by atoms with Gasteiger partial charge in [0.05, 0.1) is 0 Å². The van der Waals surface area contributed by atoms with Gasteiger partial charge in [-0.1, -0.05) is 69.4 Å². The Morgan fingerprint density at radius 3 is 2.36 bits per heavy atom. The van der Waals surface area contributed by atoms with Gasteiger partial charge in [-0.05, 0) is 45.6 Å². The first-order valence-corrected chi connectivity index (χ1v) is 12.5. The number of hydrogen-bond acceptors (Lipinski definition) is 6. The van der Waals surface area contributed by atoms with Gasteiger partial charge in [0.15, 0.2) is 0 Å². The summed E-state index contributed by atoms with van der Waals surface area (Å²) < 4.78 is 11.1. The molecule has 1 aliphatic heterocycles. The van der Waals surface area contributed by atoms with Crippen LogP contribution in [0.5, 0.6) is 0 Å². The van der Waals surface area contributed by atoms with Crippen LogP contribution in [0.1, 0.15) is 84.6 Å². The molecule has 0 aromatic heterocycles. The van der Waals surface area contributed by atoms with E-state index in [0.29, 0.717) is 13.1 Å². The Bertz CT molecular complexity index is 697. The van der Waals surface area contributed by atoms with Crippen molar-refractivity contribution in [2.45, 2.75) is 103 Å². The average Bonchev–Trinajstić information content (AvgIpc) is 2.79. The van der Waals surface area contributed by atoms with E-state index in [2.05, 4.69) is 17.8 Å². The number of piperidine rings is 1. The van der Waals surface area contributed by atoms with E-state index >= 15 is 0 Å². The molecule has 0 bridgehead atoms. The highest BCUT2D eigenvalue weighted by molar-refractivity contribution is 5.76. The highest BCUT2D eigenvalue weighted by Crippen LogP contribution is 2.15. The molecule has 186 valence electrons. The number of hydrazine groups is 1. The van der Waals surface area contributed by atoms with Crippen molar-refractivity contribution in [3.05, 3.63) is 35.9 Å². The smallest absolute Gasteiger partial charge is 0.410 e. The third-order valence-electron chi connectivity index (χ3n) is 5.71. The molecule has 1 amide bonds. The molecule has 1 fully saturated rings. The van der Waals surface area contributed by atoms with Crippen molar-refractivity contribution in [3.63, 3.8) is 0 Å². The second-order valence-electron chi connectivity index (χ2n) is 9.88. The lowest BCUT2D eigenvalue weighted by atomic mass is 10.1. The summed E-state index contributed by atoms with van der Waals surface area (Å²) in [7, 11) is 0. The number of rotatable bonds is 12. The fraction of sp³-hybridized carbons (Fsp3) is 0.692. The van der Waals surface area contributed by atoms with Gasteiger partial charge < -0.3 is 14.4 Å². The Kier molecular flexibility index (Phi) is 11.7. The van der Waals surface area contributed by atoms with Crippen LogP contribution in [0.3, 0.4) is 0 Å². The zero-order valence-corrected chi connectivity index (χ0v) is 20.9. The van der Waals surface area contributed by atoms with Crippen molar-refractivity contribution in [1.29, 1.82) is 0 Å². The Hall–Kier alpha value is -2.12. The van der Waals surface area contributed by atoms with Crippen molar-refractivity contribution in [2.24, 2.45) is 0 Å². The zero-order chi connectivity index (χ0) is 24.1. The number of benzene rings is 1. The second-order valence-corrected chi connectivity index (χ2v) is 9.88. The van der Waals surface area contributed by atoms with E-state index < -0.39 is 5.60 Å². The molecule has 2 rings (SSSR count). The van der Waals surface area contributed by atoms with Crippen molar-refractivity contribution < 1.29 is 19.1 Å². The number of hydrogen-bond donors (Lipinski definition) is 2. The molecule has 0 radical (unpaired) electrons. The lowest BCUT2D eigenvalue weighted by Crippen LogP contribution is -2.54. The van der Waals surface area contributed by atoms with Gasteiger partial charge in [-0.3, -0.25) is 10.2 Å². The molecule has 0 aliphatic carbocycles. The van der Waals surface area contributed by atoms with Gasteiger partial charge in [-0.2, -0.15) is 0 Å². The summed E-state index contributed by atoms with van der Waals surface area (Å²) in [6.45, 7) is 9.41. The third kappa shape index (κ3) is 11.0. The largest absolute Gasteiger partial charge is 0.459 e. The topological polar surface area (TPSA) is 79.9 Å². The molecule has 1 aliphatic rings. The van der Waals surface area contributed by atoms with E-state index in [1.165, 1.54) is 19.3 Å². The average molecular weight is 462 g/mol. The molecule has 33 heavy (non-hydrogen) atoms. The quantitative estimate of drug-likeness (QED) is 0.260. The van der Waals surface area contributed by atoms with Crippen molar-refractivity contribution in [1.82, 2.24) is 15.8 Å². The number of carbonyl (C=O) groups excluding carboxylic acids is 2. The fourth-order valence-corrected chi connectivity index (χ4v) is 3.81. The molecule has 1 heterocycles. The van der Waals surface area contributed by atoms with E-state index in [4.69, 9.17) is 9.47 Å². The number of nitrogens with zero attached hydrogens (tertiary/aromatic N) is 1. The summed E-state index contributed by atoms with van der Waals surface area (Å²) in [4.78, 5) is 26.8. The van der Waals surface area contributed by atoms with Gasteiger partial charge in [-0.25, -0.2) is 10.2 Å². The number of amides is 1. The van der Waals surface area contributed by atoms with Gasteiger partial charge in [0.1, 0.15) is 18.2 Å². The normalized spacial score (nSPS) is 15.8. The summed E-state index contributed by atoms with van der Waals surface area (Å²) in [5, 5.41) is 0. The van der Waals surface area contributed by atoms with Gasteiger partial charge in [0.25, 0.3) is 0 Å². The molecule has 7 heteroatoms. The molecule has 2 N–H and O–H groups in total. The molecule has 1 atom stereocenters. The minimum absolute atomic E-state index is 0.188. The zero-order valence-electron chi connectivity index (χ0n) is 20.9. The molecule has 1 unspecified atom stereocenters. The minimum atomic E-state index is -0.509. The Morgan fingerprint density at radius 2 is 1.73 bits per heavy atom. The van der Waals surface area contributed by atoms with Crippen molar-refractivity contribution >= 4 is 12.1 Å². The molecule has 1 saturated heterocycles. The molecule has 0 spiro atoms. The van der Waals surface area contributed by atoms with Crippen molar-refractivity contribution in [2.75, 3.05) is 13.1 Å². The Labute approximate surface area is 199 Å². The lowest BCUT2D eigenvalue weighted by molar-refractivity contribution is -0.158. The fourth-order valence-electron chi connectivity index (χ4n) is 3.81. The molecule has 1 aromatic carbocycles. The maximum atomic E-state index is 12.7. The highest BCUT2D eigenvalue weighted by Gasteiger charge is 2.27. The van der Waals surface area contributed by atoms with Gasteiger partial charge in [-0.15, -0.1) is 0 Å². The number of carbonyl (C=O) groups is 2. The molecule has 0 saturated carbocycles. The minimum Gasteiger partial charge on any atom is -0.459 e. The molecule has 1 aromatic rings. The summed E-state index contributed by atoms with van der Waals surface area (Å²) in [6, 6.07) is 9.51. The molecular weight excluding hydrogens is 418 g/mol. The summed E-state index contributed by atoms with van der Waals surface area (Å²) in [6.07, 6.45) is 7.81. The van der Waals surface area contributed by atoms with Gasteiger partial charge in [0.2, 0.25) is 0 Å². The standard InChI is InChI=1S/C26H43N3O4/c1-5-6-7-8-12-15-23(24(30)33-26(2,3)4)28-27-22-16-18-29(19-17-22)25(31)32-20-21-13-10-9-11-14-21/h9-11,13-14,22-23,27-28H,5-8,12,15-20H2,1-4H3. The number of esters is 1. The number of ether oxygens (including phenoxy) is 2. The van der Waals surface area contributed by atoms with Crippen LogP contribution in [0.25, 0.3) is 0 Å². The van der Waals surface area contributed by atoms with Crippen LogP contribution in [-0.4, -0.2) is 47.7 Å². The van der Waals surface area contributed by atoms with E-state index in [1.54, 1.807) is 4.90 Å². The van der Waals surface area contributed by atoms with Crippen LogP contribution >= 0.6 is 0 Å². The maximum absolute atomic E-state index is 12.7. The number of likely N-dealkylation sites (tertiary alicyclic amines) is 1. The summed E-state index contributed by atoms with van der Waals surface area (Å²) >= 11 is 0. The first kappa shape index (κ1) is 27.1. The Balaban J connectivity index is 1.74. The van der Waals surface area contributed by atoms with Crippen LogP contribution in [-0.2, 0) is 20.9 Å². The van der Waals surface area contributed by atoms with Crippen LogP contribution in [0, 0.1) is 0 Å². The second kappa shape index (κ2) is 14.2. The summed E-state index contributed by atoms with van der Waals surface area (Å²) in [5.74, 6) is -0.215. The summed E-state index contributed by atoms with van der Waals surface area (Å²) in [5.41, 5.74) is 7.03. The SMILES string of the molecule is CCCCCCCC(NNC1CCN(C(=O)OCc2ccccc2)CC1)C(=O)OC(C)(C)C. The number of unbranched alkanes of at least 4 members (excludes halogenated alkanes) is 4. The van der Waals surface area contributed by atoms with E-state index in [9.17, 15) is 9.59 Å². The van der Waals surface area contributed by atoms with Crippen LogP contribution in [0.15, 0.2) is 30.3 Å². The van der Waals surface area contributed by atoms with E-state index in [1.807, 2.05) is 51.1 Å². The van der Waals surface area contributed by atoms with Crippen molar-refractivity contribution in [3.8, 4) is 0 Å². The first-order chi connectivity index (χ1) is 15.8. The third-order valence-corrected chi connectivity index (χ3v) is 5.71. The highest BCUT2D eigenvalue weighted by atomic mass is 16.6. The first-order valence-electron chi connectivity index (χ1n) is 12.5. The monoisotopic (exact) mass is 461 g/mol. The Morgan fingerprint density at radius 1 is 1.06 bits per heavy atom. The molecule has 7 nitrogen and oxygen atoms in total. The lowest BCUT2D eigenvalue weighted by Gasteiger charge is -2.33.